The fraction of sp³-hybridized carbons (Fsp3) is 0.462. The molecule has 17 heavy (non-hydrogen) atoms. The Morgan fingerprint density at radius 3 is 2.65 bits per heavy atom. The van der Waals surface area contributed by atoms with Gasteiger partial charge in [-0.3, -0.25) is 0 Å². The molecule has 0 radical (unpaired) electrons. The molecule has 4 heteroatoms. The fourth-order valence-electron chi connectivity index (χ4n) is 2.07. The first-order chi connectivity index (χ1) is 8.25. The van der Waals surface area contributed by atoms with Crippen LogP contribution in [0.25, 0.3) is 0 Å². The summed E-state index contributed by atoms with van der Waals surface area (Å²) < 4.78 is 0. The molecule has 0 spiro atoms. The topological polar surface area (TPSA) is 61.4 Å². The second-order valence-corrected chi connectivity index (χ2v) is 4.40. The van der Waals surface area contributed by atoms with Crippen LogP contribution in [0.1, 0.15) is 22.3 Å². The summed E-state index contributed by atoms with van der Waals surface area (Å²) in [7, 11) is 0. The summed E-state index contributed by atoms with van der Waals surface area (Å²) in [5.74, 6) is -0.866. The minimum Gasteiger partial charge on any atom is -0.478 e. The summed E-state index contributed by atoms with van der Waals surface area (Å²) in [6.07, 6.45) is 2.07. The molecule has 0 aromatic heterocycles. The molecule has 0 aliphatic carbocycles. The van der Waals surface area contributed by atoms with Crippen LogP contribution in [0.2, 0.25) is 0 Å². The lowest BCUT2D eigenvalue weighted by atomic mass is 10.0. The Morgan fingerprint density at radius 1 is 1.29 bits per heavy atom. The molecule has 1 saturated heterocycles. The van der Waals surface area contributed by atoms with Gasteiger partial charge in [0.2, 0.25) is 0 Å². The van der Waals surface area contributed by atoms with E-state index in [1.54, 1.807) is 12.1 Å². The highest BCUT2D eigenvalue weighted by Crippen LogP contribution is 2.08. The van der Waals surface area contributed by atoms with Crippen LogP contribution in [0.15, 0.2) is 24.3 Å². The van der Waals surface area contributed by atoms with Gasteiger partial charge in [0, 0.05) is 25.7 Å². The van der Waals surface area contributed by atoms with Crippen LogP contribution in [-0.2, 0) is 6.42 Å². The van der Waals surface area contributed by atoms with Crippen LogP contribution in [0.4, 0.5) is 0 Å². The van der Waals surface area contributed by atoms with Gasteiger partial charge in [0.25, 0.3) is 0 Å². The van der Waals surface area contributed by atoms with Crippen molar-refractivity contribution in [3.63, 3.8) is 0 Å². The first kappa shape index (κ1) is 12.1. The molecule has 1 heterocycles. The smallest absolute Gasteiger partial charge is 0.335 e. The molecule has 1 aromatic carbocycles. The maximum absolute atomic E-state index is 10.7. The Kier molecular flexibility index (Phi) is 4.12. The average molecular weight is 234 g/mol. The molecule has 0 amide bonds. The highest BCUT2D eigenvalue weighted by atomic mass is 16.4. The number of hydrogen-bond donors (Lipinski definition) is 3. The van der Waals surface area contributed by atoms with E-state index in [1.165, 1.54) is 5.56 Å². The molecule has 1 fully saturated rings. The lowest BCUT2D eigenvalue weighted by molar-refractivity contribution is 0.0697. The van der Waals surface area contributed by atoms with E-state index < -0.39 is 5.97 Å². The molecular formula is C13H18N2O2. The van der Waals surface area contributed by atoms with E-state index in [0.717, 1.165) is 32.5 Å². The van der Waals surface area contributed by atoms with E-state index in [0.29, 0.717) is 11.6 Å². The number of benzene rings is 1. The molecule has 2 rings (SSSR count). The van der Waals surface area contributed by atoms with Gasteiger partial charge in [-0.1, -0.05) is 12.1 Å². The molecule has 0 saturated carbocycles. The van der Waals surface area contributed by atoms with Gasteiger partial charge in [0.05, 0.1) is 5.56 Å². The zero-order chi connectivity index (χ0) is 12.1. The van der Waals surface area contributed by atoms with Crippen LogP contribution in [-0.4, -0.2) is 36.8 Å². The van der Waals surface area contributed by atoms with Crippen LogP contribution in [0, 0.1) is 0 Å². The number of hydrogen-bond acceptors (Lipinski definition) is 3. The zero-order valence-corrected chi connectivity index (χ0v) is 9.78. The van der Waals surface area contributed by atoms with Crippen molar-refractivity contribution in [2.24, 2.45) is 0 Å². The van der Waals surface area contributed by atoms with Crippen molar-refractivity contribution in [3.05, 3.63) is 35.4 Å². The molecule has 0 unspecified atom stereocenters. The number of piperazine rings is 1. The SMILES string of the molecule is O=C(O)c1ccc(CC[C@H]2CNCCN2)cc1. The van der Waals surface area contributed by atoms with Gasteiger partial charge in [0.15, 0.2) is 0 Å². The van der Waals surface area contributed by atoms with E-state index in [9.17, 15) is 4.79 Å². The largest absolute Gasteiger partial charge is 0.478 e. The summed E-state index contributed by atoms with van der Waals surface area (Å²) in [6.45, 7) is 3.10. The van der Waals surface area contributed by atoms with Crippen molar-refractivity contribution in [1.82, 2.24) is 10.6 Å². The summed E-state index contributed by atoms with van der Waals surface area (Å²) in [4.78, 5) is 10.7. The Morgan fingerprint density at radius 2 is 2.06 bits per heavy atom. The summed E-state index contributed by atoms with van der Waals surface area (Å²) in [6, 6.07) is 7.68. The number of aryl methyl sites for hydroxylation is 1. The predicted octanol–water partition coefficient (Wildman–Crippen LogP) is 0.879. The molecule has 1 aliphatic rings. The van der Waals surface area contributed by atoms with Crippen LogP contribution >= 0.6 is 0 Å². The van der Waals surface area contributed by atoms with E-state index in [4.69, 9.17) is 5.11 Å². The van der Waals surface area contributed by atoms with Crippen LogP contribution in [0.3, 0.4) is 0 Å². The van der Waals surface area contributed by atoms with Crippen molar-refractivity contribution in [2.45, 2.75) is 18.9 Å². The summed E-state index contributed by atoms with van der Waals surface area (Å²) in [5, 5.41) is 15.6. The molecule has 1 aliphatic heterocycles. The van der Waals surface area contributed by atoms with E-state index >= 15 is 0 Å². The maximum atomic E-state index is 10.7. The second-order valence-electron chi connectivity index (χ2n) is 4.40. The van der Waals surface area contributed by atoms with E-state index in [-0.39, 0.29) is 0 Å². The first-order valence-corrected chi connectivity index (χ1v) is 6.02. The quantitative estimate of drug-likeness (QED) is 0.723. The van der Waals surface area contributed by atoms with E-state index in [1.807, 2.05) is 12.1 Å². The number of carboxylic acids is 1. The number of nitrogens with one attached hydrogen (secondary N) is 2. The minimum absolute atomic E-state index is 0.353. The third-order valence-electron chi connectivity index (χ3n) is 3.11. The number of carboxylic acid groups (broad SMARTS) is 1. The molecule has 92 valence electrons. The molecule has 0 bridgehead atoms. The highest BCUT2D eigenvalue weighted by Gasteiger charge is 2.11. The van der Waals surface area contributed by atoms with Gasteiger partial charge in [-0.15, -0.1) is 0 Å². The van der Waals surface area contributed by atoms with Gasteiger partial charge in [0.1, 0.15) is 0 Å². The number of carbonyl (C=O) groups is 1. The Balaban J connectivity index is 1.84. The second kappa shape index (κ2) is 5.80. The number of rotatable bonds is 4. The third kappa shape index (κ3) is 3.54. The standard InChI is InChI=1S/C13H18N2O2/c16-13(17)11-4-1-10(2-5-11)3-6-12-9-14-7-8-15-12/h1-2,4-5,12,14-15H,3,6-9H2,(H,16,17)/t12-/m0/s1. The van der Waals surface area contributed by atoms with Crippen LogP contribution in [0.5, 0.6) is 0 Å². The Hall–Kier alpha value is -1.39. The summed E-state index contributed by atoms with van der Waals surface area (Å²) in [5.41, 5.74) is 1.55. The lowest BCUT2D eigenvalue weighted by Gasteiger charge is -2.24. The van der Waals surface area contributed by atoms with Gasteiger partial charge < -0.3 is 15.7 Å². The van der Waals surface area contributed by atoms with Gasteiger partial charge in [-0.05, 0) is 30.5 Å². The van der Waals surface area contributed by atoms with Crippen molar-refractivity contribution >= 4 is 5.97 Å². The van der Waals surface area contributed by atoms with Gasteiger partial charge in [-0.25, -0.2) is 4.79 Å². The normalized spacial score (nSPS) is 20.1. The molecular weight excluding hydrogens is 216 g/mol. The monoisotopic (exact) mass is 234 g/mol. The summed E-state index contributed by atoms with van der Waals surface area (Å²) >= 11 is 0. The third-order valence-corrected chi connectivity index (χ3v) is 3.11. The van der Waals surface area contributed by atoms with E-state index in [2.05, 4.69) is 10.6 Å². The maximum Gasteiger partial charge on any atom is 0.335 e. The molecule has 4 nitrogen and oxygen atoms in total. The Bertz CT molecular complexity index is 370. The van der Waals surface area contributed by atoms with Crippen molar-refractivity contribution in [2.75, 3.05) is 19.6 Å². The van der Waals surface area contributed by atoms with Crippen LogP contribution < -0.4 is 10.6 Å². The molecule has 1 atom stereocenters. The molecule has 3 N–H and O–H groups in total. The minimum atomic E-state index is -0.866. The zero-order valence-electron chi connectivity index (χ0n) is 9.78. The van der Waals surface area contributed by atoms with Crippen molar-refractivity contribution in [3.8, 4) is 0 Å². The van der Waals surface area contributed by atoms with Gasteiger partial charge in [-0.2, -0.15) is 0 Å². The Labute approximate surface area is 101 Å². The fourth-order valence-corrected chi connectivity index (χ4v) is 2.07. The number of aromatic carboxylic acids is 1. The highest BCUT2D eigenvalue weighted by molar-refractivity contribution is 5.87. The van der Waals surface area contributed by atoms with Crippen molar-refractivity contribution in [1.29, 1.82) is 0 Å². The average Bonchev–Trinajstić information content (AvgIpc) is 2.38. The van der Waals surface area contributed by atoms with Crippen molar-refractivity contribution < 1.29 is 9.90 Å². The predicted molar refractivity (Wildman–Crippen MR) is 66.4 cm³/mol. The first-order valence-electron chi connectivity index (χ1n) is 6.02. The lowest BCUT2D eigenvalue weighted by Crippen LogP contribution is -2.48. The van der Waals surface area contributed by atoms with Gasteiger partial charge >= 0.3 is 5.97 Å². The molecule has 1 aromatic rings.